The first-order chi connectivity index (χ1) is 7.27. The van der Waals surface area contributed by atoms with Gasteiger partial charge >= 0.3 is 0 Å². The zero-order chi connectivity index (χ0) is 10.7. The molecule has 0 spiro atoms. The van der Waals surface area contributed by atoms with Gasteiger partial charge in [-0.3, -0.25) is 0 Å². The fraction of sp³-hybridized carbons (Fsp3) is 0.818. The van der Waals surface area contributed by atoms with Gasteiger partial charge in [-0.15, -0.1) is 10.2 Å². The van der Waals surface area contributed by atoms with Gasteiger partial charge in [-0.2, -0.15) is 0 Å². The van der Waals surface area contributed by atoms with E-state index in [2.05, 4.69) is 14.8 Å². The van der Waals surface area contributed by atoms with Gasteiger partial charge in [0.1, 0.15) is 12.2 Å². The highest BCUT2D eigenvalue weighted by Gasteiger charge is 2.18. The van der Waals surface area contributed by atoms with Crippen LogP contribution in [0.1, 0.15) is 50.9 Å². The van der Waals surface area contributed by atoms with Crippen LogP contribution in [-0.4, -0.2) is 20.8 Å². The van der Waals surface area contributed by atoms with Crippen LogP contribution in [0.2, 0.25) is 0 Å². The smallest absolute Gasteiger partial charge is 0.134 e. The summed E-state index contributed by atoms with van der Waals surface area (Å²) in [5.74, 6) is 1.05. The molecule has 0 bridgehead atoms. The van der Waals surface area contributed by atoms with E-state index in [4.69, 9.17) is 5.73 Å². The third kappa shape index (κ3) is 2.56. The van der Waals surface area contributed by atoms with Crippen molar-refractivity contribution in [1.82, 2.24) is 14.8 Å². The van der Waals surface area contributed by atoms with Crippen LogP contribution < -0.4 is 5.73 Å². The molecule has 84 valence electrons. The van der Waals surface area contributed by atoms with Crippen molar-refractivity contribution >= 4 is 0 Å². The minimum absolute atomic E-state index is 0.163. The van der Waals surface area contributed by atoms with Crippen LogP contribution in [0.5, 0.6) is 0 Å². The summed E-state index contributed by atoms with van der Waals surface area (Å²) in [7, 11) is 0. The predicted octanol–water partition coefficient (Wildman–Crippen LogP) is 1.67. The van der Waals surface area contributed by atoms with Gasteiger partial charge in [0.25, 0.3) is 0 Å². The lowest BCUT2D eigenvalue weighted by molar-refractivity contribution is 0.344. The molecule has 0 saturated heterocycles. The first kappa shape index (κ1) is 10.6. The second-order valence-corrected chi connectivity index (χ2v) is 4.63. The van der Waals surface area contributed by atoms with Crippen molar-refractivity contribution in [2.75, 3.05) is 0 Å². The minimum atomic E-state index is 0.163. The second-order valence-electron chi connectivity index (χ2n) is 4.63. The van der Waals surface area contributed by atoms with Crippen molar-refractivity contribution < 1.29 is 0 Å². The summed E-state index contributed by atoms with van der Waals surface area (Å²) < 4.78 is 2.24. The molecule has 1 atom stereocenters. The van der Waals surface area contributed by atoms with Crippen LogP contribution in [0.4, 0.5) is 0 Å². The van der Waals surface area contributed by atoms with Crippen LogP contribution in [0.25, 0.3) is 0 Å². The Bertz CT molecular complexity index is 299. The van der Waals surface area contributed by atoms with E-state index in [1.54, 1.807) is 0 Å². The van der Waals surface area contributed by atoms with Crippen molar-refractivity contribution in [2.45, 2.75) is 57.5 Å². The maximum absolute atomic E-state index is 5.80. The Balaban J connectivity index is 2.09. The van der Waals surface area contributed by atoms with Gasteiger partial charge in [0.15, 0.2) is 0 Å². The first-order valence-electron chi connectivity index (χ1n) is 5.91. The molecule has 0 aromatic carbocycles. The summed E-state index contributed by atoms with van der Waals surface area (Å²) in [6.07, 6.45) is 9.28. The van der Waals surface area contributed by atoms with E-state index in [-0.39, 0.29) is 6.04 Å². The molecule has 1 fully saturated rings. The first-order valence-corrected chi connectivity index (χ1v) is 5.91. The van der Waals surface area contributed by atoms with Crippen LogP contribution in [0.3, 0.4) is 0 Å². The van der Waals surface area contributed by atoms with Gasteiger partial charge < -0.3 is 10.3 Å². The Kier molecular flexibility index (Phi) is 3.36. The van der Waals surface area contributed by atoms with Gasteiger partial charge in [-0.1, -0.05) is 19.3 Å². The topological polar surface area (TPSA) is 56.7 Å². The minimum Gasteiger partial charge on any atom is -0.328 e. The number of nitrogens with two attached hydrogens (primary N) is 1. The van der Waals surface area contributed by atoms with Crippen molar-refractivity contribution in [2.24, 2.45) is 5.73 Å². The van der Waals surface area contributed by atoms with Gasteiger partial charge in [-0.25, -0.2) is 0 Å². The molecule has 4 nitrogen and oxygen atoms in total. The highest BCUT2D eigenvalue weighted by Crippen LogP contribution is 2.28. The molecule has 4 heteroatoms. The number of hydrogen-bond donors (Lipinski definition) is 1. The Morgan fingerprint density at radius 3 is 2.87 bits per heavy atom. The normalized spacial score (nSPS) is 20.4. The SMILES string of the molecule is CC(N)Cc1nncn1C1CCCCC1. The van der Waals surface area contributed by atoms with E-state index in [0.29, 0.717) is 6.04 Å². The van der Waals surface area contributed by atoms with E-state index in [1.807, 2.05) is 13.3 Å². The lowest BCUT2D eigenvalue weighted by atomic mass is 9.95. The molecular formula is C11H20N4. The van der Waals surface area contributed by atoms with Gasteiger partial charge in [0, 0.05) is 18.5 Å². The Morgan fingerprint density at radius 2 is 2.20 bits per heavy atom. The van der Waals surface area contributed by atoms with Crippen LogP contribution in [-0.2, 0) is 6.42 Å². The number of nitrogens with zero attached hydrogens (tertiary/aromatic N) is 3. The second kappa shape index (κ2) is 4.75. The van der Waals surface area contributed by atoms with E-state index in [1.165, 1.54) is 32.1 Å². The van der Waals surface area contributed by atoms with Gasteiger partial charge in [0.2, 0.25) is 0 Å². The fourth-order valence-corrected chi connectivity index (χ4v) is 2.36. The van der Waals surface area contributed by atoms with Crippen molar-refractivity contribution in [3.8, 4) is 0 Å². The molecule has 0 amide bonds. The lowest BCUT2D eigenvalue weighted by Crippen LogP contribution is -2.22. The molecule has 1 aliphatic carbocycles. The summed E-state index contributed by atoms with van der Waals surface area (Å²) in [4.78, 5) is 0. The fourth-order valence-electron chi connectivity index (χ4n) is 2.36. The standard InChI is InChI=1S/C11H20N4/c1-9(12)7-11-14-13-8-15(11)10-5-3-2-4-6-10/h8-10H,2-7,12H2,1H3. The van der Waals surface area contributed by atoms with Crippen molar-refractivity contribution in [1.29, 1.82) is 0 Å². The Hall–Kier alpha value is -0.900. The molecule has 2 rings (SSSR count). The molecule has 0 aliphatic heterocycles. The average Bonchev–Trinajstić information content (AvgIpc) is 2.66. The predicted molar refractivity (Wildman–Crippen MR) is 59.5 cm³/mol. The van der Waals surface area contributed by atoms with E-state index in [9.17, 15) is 0 Å². The van der Waals surface area contributed by atoms with E-state index >= 15 is 0 Å². The van der Waals surface area contributed by atoms with Crippen molar-refractivity contribution in [3.63, 3.8) is 0 Å². The molecule has 15 heavy (non-hydrogen) atoms. The Labute approximate surface area is 90.9 Å². The third-order valence-corrected chi connectivity index (χ3v) is 3.12. The van der Waals surface area contributed by atoms with Crippen LogP contribution >= 0.6 is 0 Å². The molecule has 1 aliphatic rings. The summed E-state index contributed by atoms with van der Waals surface area (Å²) in [5.41, 5.74) is 5.80. The molecule has 1 saturated carbocycles. The molecule has 1 aromatic heterocycles. The molecule has 2 N–H and O–H groups in total. The summed E-state index contributed by atoms with van der Waals surface area (Å²) in [6, 6.07) is 0.777. The monoisotopic (exact) mass is 208 g/mol. The number of rotatable bonds is 3. The molecule has 1 unspecified atom stereocenters. The van der Waals surface area contributed by atoms with E-state index < -0.39 is 0 Å². The highest BCUT2D eigenvalue weighted by molar-refractivity contribution is 4.92. The maximum atomic E-state index is 5.80. The van der Waals surface area contributed by atoms with Crippen LogP contribution in [0.15, 0.2) is 6.33 Å². The molecular weight excluding hydrogens is 188 g/mol. The largest absolute Gasteiger partial charge is 0.328 e. The molecule has 1 aromatic rings. The van der Waals surface area contributed by atoms with E-state index in [0.717, 1.165) is 12.2 Å². The number of hydrogen-bond acceptors (Lipinski definition) is 3. The average molecular weight is 208 g/mol. The zero-order valence-electron chi connectivity index (χ0n) is 9.39. The number of aromatic nitrogens is 3. The Morgan fingerprint density at radius 1 is 1.47 bits per heavy atom. The lowest BCUT2D eigenvalue weighted by Gasteiger charge is -2.24. The molecule has 1 heterocycles. The highest BCUT2D eigenvalue weighted by atomic mass is 15.3. The third-order valence-electron chi connectivity index (χ3n) is 3.12. The van der Waals surface area contributed by atoms with Gasteiger partial charge in [-0.05, 0) is 19.8 Å². The maximum Gasteiger partial charge on any atom is 0.134 e. The van der Waals surface area contributed by atoms with Gasteiger partial charge in [0.05, 0.1) is 0 Å². The zero-order valence-corrected chi connectivity index (χ0v) is 9.39. The molecule has 0 radical (unpaired) electrons. The summed E-state index contributed by atoms with van der Waals surface area (Å²) in [5, 5.41) is 8.17. The summed E-state index contributed by atoms with van der Waals surface area (Å²) >= 11 is 0. The van der Waals surface area contributed by atoms with Crippen molar-refractivity contribution in [3.05, 3.63) is 12.2 Å². The quantitative estimate of drug-likeness (QED) is 0.822. The summed E-state index contributed by atoms with van der Waals surface area (Å²) in [6.45, 7) is 2.01. The van der Waals surface area contributed by atoms with Crippen LogP contribution in [0, 0.1) is 0 Å².